The quantitative estimate of drug-likeness (QED) is 0.760. The van der Waals surface area contributed by atoms with E-state index in [0.717, 1.165) is 4.88 Å². The first-order valence-corrected chi connectivity index (χ1v) is 8.97. The van der Waals surface area contributed by atoms with Crippen LogP contribution in [0.4, 0.5) is 5.82 Å². The van der Waals surface area contributed by atoms with Crippen LogP contribution in [0.1, 0.15) is 25.0 Å². The van der Waals surface area contributed by atoms with Gasteiger partial charge in [-0.2, -0.15) is 5.10 Å². The first-order valence-electron chi connectivity index (χ1n) is 7.21. The van der Waals surface area contributed by atoms with E-state index in [2.05, 4.69) is 10.4 Å². The number of hydrogen-bond acceptors (Lipinski definition) is 5. The van der Waals surface area contributed by atoms with Crippen molar-refractivity contribution in [1.29, 1.82) is 0 Å². The van der Waals surface area contributed by atoms with Crippen LogP contribution in [-0.2, 0) is 13.6 Å². The summed E-state index contributed by atoms with van der Waals surface area (Å²) in [6, 6.07) is 9.10. The van der Waals surface area contributed by atoms with Crippen LogP contribution in [0, 0.1) is 0 Å². The van der Waals surface area contributed by atoms with Crippen molar-refractivity contribution in [1.82, 2.24) is 14.7 Å². The zero-order valence-corrected chi connectivity index (χ0v) is 14.9. The predicted molar refractivity (Wildman–Crippen MR) is 95.6 cm³/mol. The summed E-state index contributed by atoms with van der Waals surface area (Å²) in [5, 5.41) is 10.8. The van der Waals surface area contributed by atoms with Crippen molar-refractivity contribution in [2.75, 3.05) is 12.4 Å². The molecule has 3 heterocycles. The third-order valence-corrected chi connectivity index (χ3v) is 5.14. The Balaban J connectivity index is 1.71. The molecule has 124 valence electrons. The molecule has 0 aliphatic rings. The predicted octanol–water partition coefficient (Wildman–Crippen LogP) is 3.07. The van der Waals surface area contributed by atoms with Gasteiger partial charge in [-0.15, -0.1) is 22.7 Å². The van der Waals surface area contributed by atoms with Crippen LogP contribution in [0.3, 0.4) is 0 Å². The maximum absolute atomic E-state index is 12.5. The fraction of sp³-hybridized carbons (Fsp3) is 0.188. The van der Waals surface area contributed by atoms with Crippen molar-refractivity contribution in [3.8, 4) is 0 Å². The molecule has 1 N–H and O–H groups in total. The number of hydrogen-bond donors (Lipinski definition) is 1. The smallest absolute Gasteiger partial charge is 0.274 e. The zero-order chi connectivity index (χ0) is 17.1. The van der Waals surface area contributed by atoms with Gasteiger partial charge in [0.05, 0.1) is 11.4 Å². The van der Waals surface area contributed by atoms with E-state index in [1.165, 1.54) is 16.0 Å². The maximum atomic E-state index is 12.5. The molecule has 3 rings (SSSR count). The van der Waals surface area contributed by atoms with Crippen molar-refractivity contribution in [3.05, 3.63) is 56.5 Å². The molecule has 0 fully saturated rings. The third-order valence-electron chi connectivity index (χ3n) is 3.41. The lowest BCUT2D eigenvalue weighted by Crippen LogP contribution is -2.26. The number of thiophene rings is 2. The average Bonchev–Trinajstić information content (AvgIpc) is 3.29. The molecule has 2 amide bonds. The number of nitrogens with one attached hydrogen (secondary N) is 1. The van der Waals surface area contributed by atoms with Crippen molar-refractivity contribution < 1.29 is 9.59 Å². The Bertz CT molecular complexity index is 838. The summed E-state index contributed by atoms with van der Waals surface area (Å²) in [5.41, 5.74) is 0.304. The largest absolute Gasteiger partial charge is 0.335 e. The van der Waals surface area contributed by atoms with Gasteiger partial charge in [0.2, 0.25) is 0 Å². The van der Waals surface area contributed by atoms with Gasteiger partial charge in [-0.25, -0.2) is 0 Å². The number of carbonyl (C=O) groups is 2. The Morgan fingerprint density at radius 2 is 2.00 bits per heavy atom. The van der Waals surface area contributed by atoms with Gasteiger partial charge in [0.15, 0.2) is 5.69 Å². The lowest BCUT2D eigenvalue weighted by atomic mass is 10.3. The van der Waals surface area contributed by atoms with E-state index in [-0.39, 0.29) is 11.8 Å². The van der Waals surface area contributed by atoms with E-state index in [9.17, 15) is 9.59 Å². The average molecular weight is 360 g/mol. The minimum Gasteiger partial charge on any atom is -0.335 e. The highest BCUT2D eigenvalue weighted by molar-refractivity contribution is 7.12. The molecular weight excluding hydrogens is 344 g/mol. The number of rotatable bonds is 5. The Morgan fingerprint density at radius 3 is 2.67 bits per heavy atom. The van der Waals surface area contributed by atoms with Crippen LogP contribution in [0.2, 0.25) is 0 Å². The van der Waals surface area contributed by atoms with Crippen LogP contribution in [0.25, 0.3) is 0 Å². The van der Waals surface area contributed by atoms with Gasteiger partial charge < -0.3 is 10.2 Å². The summed E-state index contributed by atoms with van der Waals surface area (Å²) < 4.78 is 1.50. The molecular formula is C16H16N4O2S2. The van der Waals surface area contributed by atoms with Gasteiger partial charge in [-0.05, 0) is 22.9 Å². The van der Waals surface area contributed by atoms with E-state index in [0.29, 0.717) is 22.9 Å². The summed E-state index contributed by atoms with van der Waals surface area (Å²) in [7, 11) is 3.43. The van der Waals surface area contributed by atoms with Gasteiger partial charge in [0.1, 0.15) is 5.82 Å². The highest BCUT2D eigenvalue weighted by Crippen LogP contribution is 2.17. The molecule has 0 aliphatic carbocycles. The van der Waals surface area contributed by atoms with Crippen LogP contribution in [0.5, 0.6) is 0 Å². The number of anilines is 1. The van der Waals surface area contributed by atoms with Crippen molar-refractivity contribution in [3.63, 3.8) is 0 Å². The van der Waals surface area contributed by atoms with Gasteiger partial charge in [-0.1, -0.05) is 12.1 Å². The molecule has 0 atom stereocenters. The van der Waals surface area contributed by atoms with Gasteiger partial charge in [-0.3, -0.25) is 14.3 Å². The number of aromatic nitrogens is 2. The van der Waals surface area contributed by atoms with E-state index in [1.807, 2.05) is 29.0 Å². The third kappa shape index (κ3) is 3.55. The molecule has 0 unspecified atom stereocenters. The molecule has 3 aromatic heterocycles. The van der Waals surface area contributed by atoms with Crippen molar-refractivity contribution in [2.45, 2.75) is 6.54 Å². The molecule has 0 aromatic carbocycles. The monoisotopic (exact) mass is 360 g/mol. The van der Waals surface area contributed by atoms with Gasteiger partial charge in [0, 0.05) is 25.0 Å². The summed E-state index contributed by atoms with van der Waals surface area (Å²) in [6.45, 7) is 0.532. The van der Waals surface area contributed by atoms with Crippen LogP contribution >= 0.6 is 22.7 Å². The number of aryl methyl sites for hydroxylation is 1. The second-order valence-electron chi connectivity index (χ2n) is 5.21. The van der Waals surface area contributed by atoms with E-state index in [4.69, 9.17) is 0 Å². The number of amides is 2. The van der Waals surface area contributed by atoms with Crippen LogP contribution in [-0.4, -0.2) is 33.5 Å². The summed E-state index contributed by atoms with van der Waals surface area (Å²) in [6.07, 6.45) is 0. The molecule has 0 saturated carbocycles. The summed E-state index contributed by atoms with van der Waals surface area (Å²) in [4.78, 5) is 27.9. The standard InChI is InChI=1S/C16H16N4O2S2/c1-19(10-11-5-3-7-23-11)16(22)12-9-14(20(2)18-12)17-15(21)13-6-4-8-24-13/h3-9H,10H2,1-2H3,(H,17,21). The molecule has 3 aromatic rings. The zero-order valence-electron chi connectivity index (χ0n) is 13.2. The molecule has 6 nitrogen and oxygen atoms in total. The molecule has 0 bridgehead atoms. The van der Waals surface area contributed by atoms with E-state index >= 15 is 0 Å². The highest BCUT2D eigenvalue weighted by Gasteiger charge is 2.19. The molecule has 0 saturated heterocycles. The Labute approximate surface area is 147 Å². The second kappa shape index (κ2) is 6.98. The van der Waals surface area contributed by atoms with Crippen LogP contribution < -0.4 is 5.32 Å². The molecule has 0 aliphatic heterocycles. The SMILES string of the molecule is CN(Cc1cccs1)C(=O)c1cc(NC(=O)c2cccs2)n(C)n1. The number of nitrogens with zero attached hydrogens (tertiary/aromatic N) is 3. The first-order chi connectivity index (χ1) is 11.5. The lowest BCUT2D eigenvalue weighted by molar-refractivity contribution is 0.0779. The van der Waals surface area contributed by atoms with Gasteiger partial charge in [0.25, 0.3) is 11.8 Å². The normalized spacial score (nSPS) is 10.6. The lowest BCUT2D eigenvalue weighted by Gasteiger charge is -2.14. The minimum atomic E-state index is -0.209. The Hall–Kier alpha value is -2.45. The topological polar surface area (TPSA) is 67.2 Å². The van der Waals surface area contributed by atoms with Gasteiger partial charge >= 0.3 is 0 Å². The Kier molecular flexibility index (Phi) is 4.77. The maximum Gasteiger partial charge on any atom is 0.274 e. The van der Waals surface area contributed by atoms with E-state index in [1.54, 1.807) is 42.5 Å². The fourth-order valence-electron chi connectivity index (χ4n) is 2.18. The van der Waals surface area contributed by atoms with Crippen molar-refractivity contribution >= 4 is 40.3 Å². The van der Waals surface area contributed by atoms with E-state index < -0.39 is 0 Å². The Morgan fingerprint density at radius 1 is 1.25 bits per heavy atom. The van der Waals surface area contributed by atoms with Crippen LogP contribution in [0.15, 0.2) is 41.1 Å². The summed E-state index contributed by atoms with van der Waals surface area (Å²) >= 11 is 2.96. The molecule has 24 heavy (non-hydrogen) atoms. The molecule has 8 heteroatoms. The fourth-order valence-corrected chi connectivity index (χ4v) is 3.55. The second-order valence-corrected chi connectivity index (χ2v) is 7.19. The van der Waals surface area contributed by atoms with Crippen molar-refractivity contribution in [2.24, 2.45) is 7.05 Å². The minimum absolute atomic E-state index is 0.185. The first kappa shape index (κ1) is 16.4. The highest BCUT2D eigenvalue weighted by atomic mass is 32.1. The number of carbonyl (C=O) groups excluding carboxylic acids is 2. The summed E-state index contributed by atoms with van der Waals surface area (Å²) in [5.74, 6) is 0.0934. The molecule has 0 radical (unpaired) electrons. The molecule has 0 spiro atoms.